The lowest BCUT2D eigenvalue weighted by molar-refractivity contribution is 0.522. The lowest BCUT2D eigenvalue weighted by atomic mass is 10.1. The molecule has 0 aromatic heterocycles. The normalized spacial score (nSPS) is 39.7. The summed E-state index contributed by atoms with van der Waals surface area (Å²) in [6.45, 7) is 2.18. The van der Waals surface area contributed by atoms with Crippen LogP contribution in [0.2, 0.25) is 0 Å². The zero-order chi connectivity index (χ0) is 10.8. The van der Waals surface area contributed by atoms with Crippen molar-refractivity contribution in [1.29, 1.82) is 0 Å². The number of rotatable bonds is 3. The Bertz CT molecular complexity index is 238. The average Bonchev–Trinajstić information content (AvgIpc) is 2.79. The molecule has 2 nitrogen and oxygen atoms in total. The van der Waals surface area contributed by atoms with Crippen LogP contribution < -0.4 is 5.73 Å². The van der Waals surface area contributed by atoms with Gasteiger partial charge < -0.3 is 5.73 Å². The van der Waals surface area contributed by atoms with E-state index in [-0.39, 0.29) is 0 Å². The van der Waals surface area contributed by atoms with Gasteiger partial charge in [-0.05, 0) is 37.5 Å². The highest BCUT2D eigenvalue weighted by Crippen LogP contribution is 2.32. The smallest absolute Gasteiger partial charge is 0.0389 e. The molecule has 0 heterocycles. The summed E-state index contributed by atoms with van der Waals surface area (Å²) in [6.07, 6.45) is 7.46. The first-order chi connectivity index (χ1) is 7.18. The highest BCUT2D eigenvalue weighted by atomic mass is 32.2. The molecule has 0 bridgehead atoms. The number of hydrogen-bond acceptors (Lipinski definition) is 2. The van der Waals surface area contributed by atoms with Gasteiger partial charge in [0.15, 0.2) is 0 Å². The van der Waals surface area contributed by atoms with E-state index in [9.17, 15) is 4.21 Å². The summed E-state index contributed by atoms with van der Waals surface area (Å²) in [6, 6.07) is 0.294. The van der Waals surface area contributed by atoms with E-state index in [1.54, 1.807) is 0 Å². The summed E-state index contributed by atoms with van der Waals surface area (Å²) < 4.78 is 12.2. The van der Waals surface area contributed by atoms with E-state index >= 15 is 0 Å². The molecule has 0 amide bonds. The monoisotopic (exact) mass is 229 g/mol. The van der Waals surface area contributed by atoms with Crippen LogP contribution in [0, 0.1) is 11.8 Å². The molecule has 4 unspecified atom stereocenters. The minimum Gasteiger partial charge on any atom is -0.327 e. The van der Waals surface area contributed by atoms with Crippen LogP contribution >= 0.6 is 0 Å². The van der Waals surface area contributed by atoms with Crippen molar-refractivity contribution in [2.24, 2.45) is 17.6 Å². The van der Waals surface area contributed by atoms with Crippen molar-refractivity contribution in [1.82, 2.24) is 0 Å². The van der Waals surface area contributed by atoms with E-state index in [0.717, 1.165) is 24.5 Å². The molecule has 88 valence electrons. The van der Waals surface area contributed by atoms with Crippen molar-refractivity contribution in [3.8, 4) is 0 Å². The van der Waals surface area contributed by atoms with Gasteiger partial charge in [-0.1, -0.05) is 19.8 Å². The maximum absolute atomic E-state index is 12.2. The van der Waals surface area contributed by atoms with E-state index in [1.165, 1.54) is 25.7 Å². The Balaban J connectivity index is 1.85. The van der Waals surface area contributed by atoms with E-state index < -0.39 is 10.8 Å². The SMILES string of the molecule is CC1C(N)CCC1S(=O)CC1CCCC1. The molecule has 0 aliphatic heterocycles. The summed E-state index contributed by atoms with van der Waals surface area (Å²) in [5.74, 6) is 2.16. The molecule has 0 spiro atoms. The molecular weight excluding hydrogens is 206 g/mol. The van der Waals surface area contributed by atoms with Crippen LogP contribution in [0.3, 0.4) is 0 Å². The van der Waals surface area contributed by atoms with Gasteiger partial charge in [-0.15, -0.1) is 0 Å². The maximum Gasteiger partial charge on any atom is 0.0389 e. The third-order valence-electron chi connectivity index (χ3n) is 4.26. The van der Waals surface area contributed by atoms with Crippen LogP contribution in [0.25, 0.3) is 0 Å². The molecule has 4 atom stereocenters. The van der Waals surface area contributed by atoms with Gasteiger partial charge in [-0.25, -0.2) is 0 Å². The van der Waals surface area contributed by atoms with E-state index in [1.807, 2.05) is 0 Å². The van der Waals surface area contributed by atoms with Gasteiger partial charge in [0.05, 0.1) is 0 Å². The number of nitrogens with two attached hydrogens (primary N) is 1. The molecule has 2 aliphatic carbocycles. The third kappa shape index (κ3) is 2.62. The molecule has 0 aromatic carbocycles. The van der Waals surface area contributed by atoms with Gasteiger partial charge in [0.25, 0.3) is 0 Å². The minimum absolute atomic E-state index is 0.294. The first kappa shape index (κ1) is 11.6. The van der Waals surface area contributed by atoms with E-state index in [0.29, 0.717) is 17.2 Å². The average molecular weight is 229 g/mol. The Labute approximate surface area is 95.5 Å². The van der Waals surface area contributed by atoms with Gasteiger partial charge in [0, 0.05) is 27.8 Å². The molecule has 3 heteroatoms. The molecular formula is C12H23NOS. The van der Waals surface area contributed by atoms with Crippen molar-refractivity contribution in [3.63, 3.8) is 0 Å². The Morgan fingerprint density at radius 1 is 1.20 bits per heavy atom. The molecule has 0 aromatic rings. The number of hydrogen-bond donors (Lipinski definition) is 1. The van der Waals surface area contributed by atoms with Crippen molar-refractivity contribution in [2.75, 3.05) is 5.75 Å². The second-order valence-corrected chi connectivity index (χ2v) is 7.04. The van der Waals surface area contributed by atoms with Crippen molar-refractivity contribution >= 4 is 10.8 Å². The largest absolute Gasteiger partial charge is 0.327 e. The fraction of sp³-hybridized carbons (Fsp3) is 1.00. The molecule has 0 radical (unpaired) electrons. The van der Waals surface area contributed by atoms with E-state index in [2.05, 4.69) is 6.92 Å². The van der Waals surface area contributed by atoms with Crippen LogP contribution in [-0.4, -0.2) is 21.3 Å². The standard InChI is InChI=1S/C12H23NOS/c1-9-11(13)6-7-12(9)15(14)8-10-4-2-3-5-10/h9-12H,2-8,13H2,1H3. The first-order valence-electron chi connectivity index (χ1n) is 6.31. The predicted octanol–water partition coefficient (Wildman–Crippen LogP) is 2.05. The predicted molar refractivity (Wildman–Crippen MR) is 65.1 cm³/mol. The zero-order valence-electron chi connectivity index (χ0n) is 9.65. The summed E-state index contributed by atoms with van der Waals surface area (Å²) in [5, 5.41) is 0.389. The lowest BCUT2D eigenvalue weighted by Crippen LogP contribution is -2.31. The fourth-order valence-electron chi connectivity index (χ4n) is 3.06. The van der Waals surface area contributed by atoms with Crippen LogP contribution in [0.5, 0.6) is 0 Å². The van der Waals surface area contributed by atoms with Crippen molar-refractivity contribution < 1.29 is 4.21 Å². The molecule has 2 saturated carbocycles. The van der Waals surface area contributed by atoms with Gasteiger partial charge >= 0.3 is 0 Å². The summed E-state index contributed by atoms with van der Waals surface area (Å²) in [7, 11) is -0.616. The molecule has 2 N–H and O–H groups in total. The summed E-state index contributed by atoms with van der Waals surface area (Å²) >= 11 is 0. The highest BCUT2D eigenvalue weighted by molar-refractivity contribution is 7.85. The topological polar surface area (TPSA) is 43.1 Å². The van der Waals surface area contributed by atoms with Crippen molar-refractivity contribution in [3.05, 3.63) is 0 Å². The highest BCUT2D eigenvalue weighted by Gasteiger charge is 2.35. The van der Waals surface area contributed by atoms with Crippen molar-refractivity contribution in [2.45, 2.75) is 56.7 Å². The van der Waals surface area contributed by atoms with Crippen LogP contribution in [0.1, 0.15) is 45.4 Å². The van der Waals surface area contributed by atoms with Crippen LogP contribution in [0.4, 0.5) is 0 Å². The van der Waals surface area contributed by atoms with Crippen LogP contribution in [0.15, 0.2) is 0 Å². The molecule has 15 heavy (non-hydrogen) atoms. The third-order valence-corrected chi connectivity index (χ3v) is 6.40. The Morgan fingerprint density at radius 3 is 2.40 bits per heavy atom. The second-order valence-electron chi connectivity index (χ2n) is 5.34. The maximum atomic E-state index is 12.2. The second kappa shape index (κ2) is 4.96. The fourth-order valence-corrected chi connectivity index (χ4v) is 5.19. The van der Waals surface area contributed by atoms with E-state index in [4.69, 9.17) is 5.73 Å². The Kier molecular flexibility index (Phi) is 3.83. The lowest BCUT2D eigenvalue weighted by Gasteiger charge is -2.19. The minimum atomic E-state index is -0.616. The molecule has 0 saturated heterocycles. The Hall–Kier alpha value is 0.110. The first-order valence-corrected chi connectivity index (χ1v) is 7.69. The zero-order valence-corrected chi connectivity index (χ0v) is 10.5. The van der Waals surface area contributed by atoms with Gasteiger partial charge in [-0.2, -0.15) is 0 Å². The molecule has 2 aliphatic rings. The quantitative estimate of drug-likeness (QED) is 0.805. The van der Waals surface area contributed by atoms with Gasteiger partial charge in [0.1, 0.15) is 0 Å². The Morgan fingerprint density at radius 2 is 1.87 bits per heavy atom. The van der Waals surface area contributed by atoms with Gasteiger partial charge in [0.2, 0.25) is 0 Å². The summed E-state index contributed by atoms with van der Waals surface area (Å²) in [4.78, 5) is 0. The van der Waals surface area contributed by atoms with Crippen LogP contribution in [-0.2, 0) is 10.8 Å². The summed E-state index contributed by atoms with van der Waals surface area (Å²) in [5.41, 5.74) is 5.98. The van der Waals surface area contributed by atoms with Gasteiger partial charge in [-0.3, -0.25) is 4.21 Å². The molecule has 2 rings (SSSR count). The molecule has 2 fully saturated rings.